The molecule has 0 unspecified atom stereocenters. The molecule has 2 aromatic carbocycles. The Labute approximate surface area is 128 Å². The molecule has 0 aliphatic rings. The van der Waals surface area contributed by atoms with Crippen molar-refractivity contribution < 1.29 is 13.2 Å². The van der Waals surface area contributed by atoms with E-state index < -0.39 is 10.0 Å². The molecule has 21 heavy (non-hydrogen) atoms. The fourth-order valence-electron chi connectivity index (χ4n) is 1.85. The molecule has 0 heterocycles. The minimum absolute atomic E-state index is 0.115. The van der Waals surface area contributed by atoms with E-state index in [0.717, 1.165) is 0 Å². The molecule has 3 N–H and O–H groups in total. The van der Waals surface area contributed by atoms with E-state index >= 15 is 0 Å². The van der Waals surface area contributed by atoms with E-state index in [9.17, 15) is 8.42 Å². The molecule has 0 atom stereocenters. The quantitative estimate of drug-likeness (QED) is 0.885. The van der Waals surface area contributed by atoms with Gasteiger partial charge in [-0.1, -0.05) is 17.7 Å². The Kier molecular flexibility index (Phi) is 4.72. The summed E-state index contributed by atoms with van der Waals surface area (Å²) < 4.78 is 32.3. The van der Waals surface area contributed by atoms with Crippen molar-refractivity contribution in [2.24, 2.45) is 5.73 Å². The van der Waals surface area contributed by atoms with Crippen molar-refractivity contribution >= 4 is 27.3 Å². The lowest BCUT2D eigenvalue weighted by atomic mass is 10.2. The number of methoxy groups -OCH3 is 1. The van der Waals surface area contributed by atoms with Gasteiger partial charge in [-0.2, -0.15) is 0 Å². The van der Waals surface area contributed by atoms with Gasteiger partial charge in [0.05, 0.1) is 17.7 Å². The zero-order valence-corrected chi connectivity index (χ0v) is 12.9. The molecule has 0 spiro atoms. The first-order valence-electron chi connectivity index (χ1n) is 6.11. The smallest absolute Gasteiger partial charge is 0.261 e. The third-order valence-corrected chi connectivity index (χ3v) is 4.47. The monoisotopic (exact) mass is 326 g/mol. The Bertz CT molecular complexity index is 748. The molecule has 0 aliphatic heterocycles. The van der Waals surface area contributed by atoms with Crippen LogP contribution >= 0.6 is 11.6 Å². The summed E-state index contributed by atoms with van der Waals surface area (Å²) in [6.45, 7) is 0.184. The van der Waals surface area contributed by atoms with E-state index in [1.165, 1.54) is 25.3 Å². The molecular weight excluding hydrogens is 312 g/mol. The van der Waals surface area contributed by atoms with Gasteiger partial charge in [0.15, 0.2) is 0 Å². The van der Waals surface area contributed by atoms with E-state index in [-0.39, 0.29) is 11.4 Å². The normalized spacial score (nSPS) is 11.2. The van der Waals surface area contributed by atoms with E-state index in [1.54, 1.807) is 24.3 Å². The maximum absolute atomic E-state index is 12.3. The van der Waals surface area contributed by atoms with Crippen LogP contribution in [0.5, 0.6) is 5.75 Å². The number of sulfonamides is 1. The lowest BCUT2D eigenvalue weighted by Gasteiger charge is -2.11. The second kappa shape index (κ2) is 6.34. The van der Waals surface area contributed by atoms with Crippen LogP contribution < -0.4 is 15.2 Å². The summed E-state index contributed by atoms with van der Waals surface area (Å²) in [6.07, 6.45) is 0. The van der Waals surface area contributed by atoms with Crippen LogP contribution in [0.25, 0.3) is 0 Å². The molecule has 2 rings (SSSR count). The largest absolute Gasteiger partial charge is 0.496 e. The molecule has 0 bridgehead atoms. The average molecular weight is 327 g/mol. The van der Waals surface area contributed by atoms with E-state index in [1.807, 2.05) is 0 Å². The van der Waals surface area contributed by atoms with Gasteiger partial charge in [0, 0.05) is 17.1 Å². The standard InChI is InChI=1S/C14H15ClN2O3S/c1-20-14-6-5-13(7-10(14)9-16)21(18,19)17-12-4-2-3-11(15)8-12/h2-8,17H,9,16H2,1H3. The Morgan fingerprint density at radius 1 is 1.24 bits per heavy atom. The highest BCUT2D eigenvalue weighted by atomic mass is 35.5. The zero-order valence-electron chi connectivity index (χ0n) is 11.3. The third-order valence-electron chi connectivity index (χ3n) is 2.86. The van der Waals surface area contributed by atoms with E-state index in [2.05, 4.69) is 4.72 Å². The molecule has 0 saturated heterocycles. The summed E-state index contributed by atoms with van der Waals surface area (Å²) >= 11 is 5.84. The minimum atomic E-state index is -3.71. The van der Waals surface area contributed by atoms with Gasteiger partial charge in [0.2, 0.25) is 0 Å². The lowest BCUT2D eigenvalue weighted by molar-refractivity contribution is 0.409. The molecule has 0 radical (unpaired) electrons. The number of hydrogen-bond acceptors (Lipinski definition) is 4. The first-order valence-corrected chi connectivity index (χ1v) is 7.98. The number of nitrogens with one attached hydrogen (secondary N) is 1. The molecule has 0 fully saturated rings. The number of rotatable bonds is 5. The van der Waals surface area contributed by atoms with Crippen LogP contribution in [-0.4, -0.2) is 15.5 Å². The van der Waals surface area contributed by atoms with Crippen LogP contribution in [0, 0.1) is 0 Å². The molecular formula is C14H15ClN2O3S. The third kappa shape index (κ3) is 3.66. The van der Waals surface area contributed by atoms with Crippen LogP contribution in [0.15, 0.2) is 47.4 Å². The second-order valence-corrected chi connectivity index (χ2v) is 6.41. The van der Waals surface area contributed by atoms with Crippen LogP contribution in [-0.2, 0) is 16.6 Å². The van der Waals surface area contributed by atoms with Crippen LogP contribution in [0.4, 0.5) is 5.69 Å². The molecule has 2 aromatic rings. The molecule has 0 aliphatic carbocycles. The summed E-state index contributed by atoms with van der Waals surface area (Å²) in [4.78, 5) is 0.115. The Morgan fingerprint density at radius 2 is 2.00 bits per heavy atom. The van der Waals surface area contributed by atoms with Crippen LogP contribution in [0.2, 0.25) is 5.02 Å². The van der Waals surface area contributed by atoms with Crippen molar-refractivity contribution in [3.05, 3.63) is 53.1 Å². The van der Waals surface area contributed by atoms with Crippen molar-refractivity contribution in [1.82, 2.24) is 0 Å². The highest BCUT2D eigenvalue weighted by Crippen LogP contribution is 2.24. The minimum Gasteiger partial charge on any atom is -0.496 e. The highest BCUT2D eigenvalue weighted by molar-refractivity contribution is 7.92. The maximum atomic E-state index is 12.3. The Morgan fingerprint density at radius 3 is 2.62 bits per heavy atom. The van der Waals surface area contributed by atoms with Crippen molar-refractivity contribution in [3.8, 4) is 5.75 Å². The second-order valence-electron chi connectivity index (χ2n) is 4.29. The summed E-state index contributed by atoms with van der Waals surface area (Å²) in [5, 5.41) is 0.451. The van der Waals surface area contributed by atoms with Gasteiger partial charge >= 0.3 is 0 Å². The summed E-state index contributed by atoms with van der Waals surface area (Å²) in [5.74, 6) is 0.555. The maximum Gasteiger partial charge on any atom is 0.261 e. The summed E-state index contributed by atoms with van der Waals surface area (Å²) in [7, 11) is -2.20. The average Bonchev–Trinajstić information content (AvgIpc) is 2.46. The molecule has 0 saturated carbocycles. The van der Waals surface area contributed by atoms with Gasteiger partial charge in [-0.3, -0.25) is 4.72 Å². The number of anilines is 1. The van der Waals surface area contributed by atoms with Crippen molar-refractivity contribution in [3.63, 3.8) is 0 Å². The first kappa shape index (κ1) is 15.6. The van der Waals surface area contributed by atoms with Crippen molar-refractivity contribution in [2.75, 3.05) is 11.8 Å². The fourth-order valence-corrected chi connectivity index (χ4v) is 3.14. The molecule has 0 aromatic heterocycles. The summed E-state index contributed by atoms with van der Waals surface area (Å²) in [5.41, 5.74) is 6.61. The number of halogens is 1. The van der Waals surface area contributed by atoms with Crippen molar-refractivity contribution in [1.29, 1.82) is 0 Å². The number of benzene rings is 2. The highest BCUT2D eigenvalue weighted by Gasteiger charge is 2.16. The van der Waals surface area contributed by atoms with E-state index in [0.29, 0.717) is 22.0 Å². The topological polar surface area (TPSA) is 81.4 Å². The number of ether oxygens (including phenoxy) is 1. The first-order chi connectivity index (χ1) is 9.96. The zero-order chi connectivity index (χ0) is 15.5. The predicted molar refractivity (Wildman–Crippen MR) is 83.1 cm³/mol. The Balaban J connectivity index is 2.35. The molecule has 0 amide bonds. The van der Waals surface area contributed by atoms with Gasteiger partial charge in [0.25, 0.3) is 10.0 Å². The van der Waals surface area contributed by atoms with Gasteiger partial charge in [-0.05, 0) is 36.4 Å². The van der Waals surface area contributed by atoms with Gasteiger partial charge in [0.1, 0.15) is 5.75 Å². The number of nitrogens with two attached hydrogens (primary N) is 1. The fraction of sp³-hybridized carbons (Fsp3) is 0.143. The van der Waals surface area contributed by atoms with Gasteiger partial charge in [-0.15, -0.1) is 0 Å². The Hall–Kier alpha value is -1.76. The van der Waals surface area contributed by atoms with Crippen LogP contribution in [0.1, 0.15) is 5.56 Å². The summed E-state index contributed by atoms with van der Waals surface area (Å²) in [6, 6.07) is 11.0. The SMILES string of the molecule is COc1ccc(S(=O)(=O)Nc2cccc(Cl)c2)cc1CN. The van der Waals surface area contributed by atoms with Gasteiger partial charge < -0.3 is 10.5 Å². The van der Waals surface area contributed by atoms with E-state index in [4.69, 9.17) is 22.1 Å². The lowest BCUT2D eigenvalue weighted by Crippen LogP contribution is -2.14. The molecule has 5 nitrogen and oxygen atoms in total. The molecule has 112 valence electrons. The number of hydrogen-bond donors (Lipinski definition) is 2. The van der Waals surface area contributed by atoms with Gasteiger partial charge in [-0.25, -0.2) is 8.42 Å². The predicted octanol–water partition coefficient (Wildman–Crippen LogP) is 2.61. The van der Waals surface area contributed by atoms with Crippen LogP contribution in [0.3, 0.4) is 0 Å². The van der Waals surface area contributed by atoms with Crippen molar-refractivity contribution in [2.45, 2.75) is 11.4 Å². The molecule has 7 heteroatoms.